The van der Waals surface area contributed by atoms with Gasteiger partial charge in [-0.1, -0.05) is 13.0 Å². The molecule has 1 aromatic carbocycles. The summed E-state index contributed by atoms with van der Waals surface area (Å²) in [5, 5.41) is 1.82. The van der Waals surface area contributed by atoms with Crippen LogP contribution < -0.4 is 5.32 Å². The molecular formula is C11H12F3NO. The summed E-state index contributed by atoms with van der Waals surface area (Å²) in [7, 11) is 0. The van der Waals surface area contributed by atoms with Gasteiger partial charge < -0.3 is 5.32 Å². The van der Waals surface area contributed by atoms with Crippen LogP contribution in [0.2, 0.25) is 0 Å². The first-order chi connectivity index (χ1) is 7.34. The van der Waals surface area contributed by atoms with Crippen LogP contribution in [0.4, 0.5) is 18.9 Å². The third-order valence-electron chi connectivity index (χ3n) is 2.25. The fourth-order valence-corrected chi connectivity index (χ4v) is 1.33. The van der Waals surface area contributed by atoms with E-state index >= 15 is 0 Å². The molecule has 0 aliphatic carbocycles. The van der Waals surface area contributed by atoms with Gasteiger partial charge in [-0.05, 0) is 36.6 Å². The lowest BCUT2D eigenvalue weighted by molar-refractivity contribution is -0.167. The Labute approximate surface area is 91.5 Å². The van der Waals surface area contributed by atoms with Crippen molar-refractivity contribution >= 4 is 11.6 Å². The van der Waals surface area contributed by atoms with E-state index in [-0.39, 0.29) is 5.69 Å². The summed E-state index contributed by atoms with van der Waals surface area (Å²) in [6.07, 6.45) is -4.14. The summed E-state index contributed by atoms with van der Waals surface area (Å²) in [5.41, 5.74) is 2.08. The van der Waals surface area contributed by atoms with Crippen molar-refractivity contribution in [2.75, 3.05) is 5.32 Å². The molecule has 1 amide bonds. The van der Waals surface area contributed by atoms with Crippen molar-refractivity contribution in [3.63, 3.8) is 0 Å². The molecule has 0 aliphatic heterocycles. The van der Waals surface area contributed by atoms with E-state index < -0.39 is 12.1 Å². The zero-order chi connectivity index (χ0) is 12.3. The maximum absolute atomic E-state index is 12.0. The fraction of sp³-hybridized carbons (Fsp3) is 0.364. The van der Waals surface area contributed by atoms with Crippen LogP contribution >= 0.6 is 0 Å². The summed E-state index contributed by atoms with van der Waals surface area (Å²) in [6.45, 7) is 3.77. The quantitative estimate of drug-likeness (QED) is 0.832. The monoisotopic (exact) mass is 231 g/mol. The summed E-state index contributed by atoms with van der Waals surface area (Å²) < 4.78 is 36.0. The molecule has 0 atom stereocenters. The maximum atomic E-state index is 12.0. The molecule has 1 rings (SSSR count). The standard InChI is InChI=1S/C11H12F3NO/c1-3-8-6-9(5-4-7(8)2)15-10(16)11(12,13)14/h4-6H,3H2,1-2H3,(H,15,16). The summed E-state index contributed by atoms with van der Waals surface area (Å²) in [4.78, 5) is 10.7. The van der Waals surface area contributed by atoms with Crippen molar-refractivity contribution in [3.05, 3.63) is 29.3 Å². The van der Waals surface area contributed by atoms with Crippen LogP contribution in [0.25, 0.3) is 0 Å². The van der Waals surface area contributed by atoms with Gasteiger partial charge in [0.05, 0.1) is 0 Å². The van der Waals surface area contributed by atoms with E-state index in [9.17, 15) is 18.0 Å². The highest BCUT2D eigenvalue weighted by atomic mass is 19.4. The molecule has 0 aromatic heterocycles. The molecule has 0 saturated carbocycles. The van der Waals surface area contributed by atoms with Crippen LogP contribution in [0.1, 0.15) is 18.1 Å². The van der Waals surface area contributed by atoms with Gasteiger partial charge in [-0.15, -0.1) is 0 Å². The van der Waals surface area contributed by atoms with Gasteiger partial charge >= 0.3 is 12.1 Å². The molecule has 0 bridgehead atoms. The topological polar surface area (TPSA) is 29.1 Å². The van der Waals surface area contributed by atoms with Gasteiger partial charge in [-0.25, -0.2) is 0 Å². The van der Waals surface area contributed by atoms with Crippen LogP contribution in [0.15, 0.2) is 18.2 Å². The Morgan fingerprint density at radius 3 is 2.50 bits per heavy atom. The molecule has 0 heterocycles. The van der Waals surface area contributed by atoms with E-state index in [0.717, 1.165) is 11.1 Å². The largest absolute Gasteiger partial charge is 0.471 e. The third-order valence-corrected chi connectivity index (χ3v) is 2.25. The second kappa shape index (κ2) is 4.55. The molecule has 1 N–H and O–H groups in total. The second-order valence-corrected chi connectivity index (χ2v) is 3.45. The van der Waals surface area contributed by atoms with E-state index in [1.807, 2.05) is 19.2 Å². The predicted octanol–water partition coefficient (Wildman–Crippen LogP) is 3.06. The Bertz CT molecular complexity index is 399. The number of aryl methyl sites for hydroxylation is 2. The number of nitrogens with one attached hydrogen (secondary N) is 1. The molecule has 0 aliphatic rings. The van der Waals surface area contributed by atoms with Gasteiger partial charge in [0.1, 0.15) is 0 Å². The van der Waals surface area contributed by atoms with E-state index in [4.69, 9.17) is 0 Å². The lowest BCUT2D eigenvalue weighted by Gasteiger charge is -2.10. The van der Waals surface area contributed by atoms with Crippen LogP contribution in [0, 0.1) is 6.92 Å². The van der Waals surface area contributed by atoms with Gasteiger partial charge in [-0.2, -0.15) is 13.2 Å². The number of carbonyl (C=O) groups excluding carboxylic acids is 1. The molecule has 16 heavy (non-hydrogen) atoms. The SMILES string of the molecule is CCc1cc(NC(=O)C(F)(F)F)ccc1C. The van der Waals surface area contributed by atoms with Gasteiger partial charge in [0.2, 0.25) is 0 Å². The van der Waals surface area contributed by atoms with Crippen molar-refractivity contribution in [1.82, 2.24) is 0 Å². The van der Waals surface area contributed by atoms with Crippen molar-refractivity contribution in [1.29, 1.82) is 0 Å². The lowest BCUT2D eigenvalue weighted by atomic mass is 10.1. The molecule has 0 saturated heterocycles. The Morgan fingerprint density at radius 1 is 1.38 bits per heavy atom. The van der Waals surface area contributed by atoms with Gasteiger partial charge in [-0.3, -0.25) is 4.79 Å². The summed E-state index contributed by atoms with van der Waals surface area (Å²) >= 11 is 0. The third kappa shape index (κ3) is 2.98. The van der Waals surface area contributed by atoms with Crippen molar-refractivity contribution in [3.8, 4) is 0 Å². The minimum atomic E-state index is -4.85. The molecule has 88 valence electrons. The first-order valence-corrected chi connectivity index (χ1v) is 4.82. The van der Waals surface area contributed by atoms with Crippen molar-refractivity contribution < 1.29 is 18.0 Å². The number of carbonyl (C=O) groups is 1. The number of benzene rings is 1. The second-order valence-electron chi connectivity index (χ2n) is 3.45. The zero-order valence-electron chi connectivity index (χ0n) is 8.98. The highest BCUT2D eigenvalue weighted by Gasteiger charge is 2.38. The molecule has 0 fully saturated rings. The minimum absolute atomic E-state index is 0.171. The van der Waals surface area contributed by atoms with E-state index in [2.05, 4.69) is 0 Å². The van der Waals surface area contributed by atoms with Crippen LogP contribution in [-0.4, -0.2) is 12.1 Å². The van der Waals surface area contributed by atoms with E-state index in [1.54, 1.807) is 12.1 Å². The average Bonchev–Trinajstić information content (AvgIpc) is 2.19. The summed E-state index contributed by atoms with van der Waals surface area (Å²) in [6, 6.07) is 4.70. The highest BCUT2D eigenvalue weighted by molar-refractivity contribution is 5.94. The first-order valence-electron chi connectivity index (χ1n) is 4.82. The Balaban J connectivity index is 2.87. The smallest absolute Gasteiger partial charge is 0.318 e. The lowest BCUT2D eigenvalue weighted by Crippen LogP contribution is -2.29. The molecule has 5 heteroatoms. The van der Waals surface area contributed by atoms with Gasteiger partial charge in [0.25, 0.3) is 0 Å². The highest BCUT2D eigenvalue weighted by Crippen LogP contribution is 2.20. The van der Waals surface area contributed by atoms with E-state index in [0.29, 0.717) is 6.42 Å². The van der Waals surface area contributed by atoms with Gasteiger partial charge in [0.15, 0.2) is 0 Å². The number of rotatable bonds is 2. The average molecular weight is 231 g/mol. The maximum Gasteiger partial charge on any atom is 0.471 e. The zero-order valence-corrected chi connectivity index (χ0v) is 8.98. The number of anilines is 1. The molecule has 0 spiro atoms. The molecular weight excluding hydrogens is 219 g/mol. The minimum Gasteiger partial charge on any atom is -0.318 e. The normalized spacial score (nSPS) is 11.3. The molecule has 2 nitrogen and oxygen atoms in total. The first kappa shape index (κ1) is 12.5. The number of hydrogen-bond acceptors (Lipinski definition) is 1. The Morgan fingerprint density at radius 2 is 2.00 bits per heavy atom. The molecule has 0 unspecified atom stereocenters. The molecule has 1 aromatic rings. The van der Waals surface area contributed by atoms with Crippen molar-refractivity contribution in [2.24, 2.45) is 0 Å². The number of alkyl halides is 3. The number of halogens is 3. The van der Waals surface area contributed by atoms with Crippen LogP contribution in [-0.2, 0) is 11.2 Å². The fourth-order valence-electron chi connectivity index (χ4n) is 1.33. The van der Waals surface area contributed by atoms with Crippen LogP contribution in [0.5, 0.6) is 0 Å². The molecule has 0 radical (unpaired) electrons. The number of amides is 1. The Kier molecular flexibility index (Phi) is 3.57. The Hall–Kier alpha value is -1.52. The number of hydrogen-bond donors (Lipinski definition) is 1. The summed E-state index contributed by atoms with van der Waals surface area (Å²) in [5.74, 6) is -1.95. The predicted molar refractivity (Wildman–Crippen MR) is 55.2 cm³/mol. The van der Waals surface area contributed by atoms with E-state index in [1.165, 1.54) is 6.07 Å². The van der Waals surface area contributed by atoms with Crippen molar-refractivity contribution in [2.45, 2.75) is 26.4 Å². The van der Waals surface area contributed by atoms with Crippen LogP contribution in [0.3, 0.4) is 0 Å². The van der Waals surface area contributed by atoms with Gasteiger partial charge in [0, 0.05) is 5.69 Å².